The molecule has 1 aromatic carbocycles. The molecule has 3 aromatic rings. The molecule has 2 N–H and O–H groups in total. The van der Waals surface area contributed by atoms with Gasteiger partial charge in [-0.3, -0.25) is 4.79 Å². The zero-order valence-corrected chi connectivity index (χ0v) is 13.7. The van der Waals surface area contributed by atoms with Gasteiger partial charge < -0.3 is 10.3 Å². The molecule has 0 aliphatic carbocycles. The van der Waals surface area contributed by atoms with Crippen molar-refractivity contribution in [2.24, 2.45) is 0 Å². The van der Waals surface area contributed by atoms with Crippen LogP contribution in [0.5, 0.6) is 0 Å². The molecule has 0 amide bonds. The Morgan fingerprint density at radius 2 is 2.09 bits per heavy atom. The van der Waals surface area contributed by atoms with E-state index in [9.17, 15) is 4.79 Å². The Labute approximate surface area is 137 Å². The third-order valence-corrected chi connectivity index (χ3v) is 4.49. The van der Waals surface area contributed by atoms with Crippen molar-refractivity contribution in [3.63, 3.8) is 0 Å². The van der Waals surface area contributed by atoms with Gasteiger partial charge in [-0.15, -0.1) is 11.3 Å². The summed E-state index contributed by atoms with van der Waals surface area (Å²) in [6.07, 6.45) is 1.05. The fourth-order valence-corrected chi connectivity index (χ4v) is 3.40. The molecule has 6 heteroatoms. The maximum absolute atomic E-state index is 12.4. The molecule has 0 aliphatic rings. The topological polar surface area (TPSA) is 57.8 Å². The van der Waals surface area contributed by atoms with Gasteiger partial charge in [0.15, 0.2) is 0 Å². The van der Waals surface area contributed by atoms with Crippen molar-refractivity contribution < 1.29 is 0 Å². The largest absolute Gasteiger partial charge is 0.310 e. The predicted octanol–water partition coefficient (Wildman–Crippen LogP) is 3.80. The van der Waals surface area contributed by atoms with E-state index in [-0.39, 0.29) is 5.56 Å². The summed E-state index contributed by atoms with van der Waals surface area (Å²) in [4.78, 5) is 20.6. The summed E-state index contributed by atoms with van der Waals surface area (Å²) < 4.78 is 0. The molecule has 4 nitrogen and oxygen atoms in total. The number of aromatic nitrogens is 2. The van der Waals surface area contributed by atoms with Crippen LogP contribution in [-0.4, -0.2) is 16.5 Å². The van der Waals surface area contributed by atoms with Crippen molar-refractivity contribution in [3.05, 3.63) is 50.8 Å². The van der Waals surface area contributed by atoms with Gasteiger partial charge in [-0.25, -0.2) is 4.98 Å². The van der Waals surface area contributed by atoms with Gasteiger partial charge in [0.2, 0.25) is 0 Å². The van der Waals surface area contributed by atoms with E-state index in [1.54, 1.807) is 0 Å². The molecule has 2 heterocycles. The molecule has 22 heavy (non-hydrogen) atoms. The van der Waals surface area contributed by atoms with Crippen molar-refractivity contribution >= 4 is 33.2 Å². The molecule has 2 aromatic heterocycles. The van der Waals surface area contributed by atoms with E-state index in [0.29, 0.717) is 22.8 Å². The van der Waals surface area contributed by atoms with E-state index < -0.39 is 0 Å². The van der Waals surface area contributed by atoms with Crippen LogP contribution in [0.3, 0.4) is 0 Å². The molecule has 0 atom stereocenters. The van der Waals surface area contributed by atoms with E-state index in [0.717, 1.165) is 28.9 Å². The van der Waals surface area contributed by atoms with Gasteiger partial charge >= 0.3 is 0 Å². The first-order valence-corrected chi connectivity index (χ1v) is 8.42. The Kier molecular flexibility index (Phi) is 4.57. The third kappa shape index (κ3) is 3.06. The highest BCUT2D eigenvalue weighted by Crippen LogP contribution is 2.31. The smallest absolute Gasteiger partial charge is 0.260 e. The first-order valence-electron chi connectivity index (χ1n) is 7.16. The molecular weight excluding hydrogens is 318 g/mol. The summed E-state index contributed by atoms with van der Waals surface area (Å²) in [6.45, 7) is 3.58. The number of nitrogens with zero attached hydrogens (tertiary/aromatic N) is 1. The molecule has 114 valence electrons. The van der Waals surface area contributed by atoms with Crippen LogP contribution in [0.4, 0.5) is 0 Å². The number of hydrogen-bond donors (Lipinski definition) is 2. The fraction of sp³-hybridized carbons (Fsp3) is 0.250. The average molecular weight is 334 g/mol. The number of halogens is 1. The molecule has 0 aliphatic heterocycles. The van der Waals surface area contributed by atoms with Crippen LogP contribution in [0.15, 0.2) is 34.4 Å². The van der Waals surface area contributed by atoms with Crippen LogP contribution in [0.2, 0.25) is 5.02 Å². The first-order chi connectivity index (χ1) is 10.7. The van der Waals surface area contributed by atoms with Crippen molar-refractivity contribution in [2.45, 2.75) is 19.9 Å². The molecule has 0 unspecified atom stereocenters. The SMILES string of the molecule is CCCNCc1nc2scc(-c3ccc(Cl)cc3)c2c(=O)[nH]1. The summed E-state index contributed by atoms with van der Waals surface area (Å²) >= 11 is 7.41. The minimum Gasteiger partial charge on any atom is -0.310 e. The van der Waals surface area contributed by atoms with Crippen LogP contribution in [0.25, 0.3) is 21.3 Å². The Balaban J connectivity index is 2.01. The predicted molar refractivity (Wildman–Crippen MR) is 92.7 cm³/mol. The van der Waals surface area contributed by atoms with Crippen LogP contribution >= 0.6 is 22.9 Å². The van der Waals surface area contributed by atoms with Gasteiger partial charge in [-0.05, 0) is 30.7 Å². The van der Waals surface area contributed by atoms with E-state index in [4.69, 9.17) is 11.6 Å². The summed E-state index contributed by atoms with van der Waals surface area (Å²) in [6, 6.07) is 7.48. The number of thiophene rings is 1. The lowest BCUT2D eigenvalue weighted by Gasteiger charge is -2.03. The minimum absolute atomic E-state index is 0.0931. The molecule has 0 spiro atoms. The second-order valence-electron chi connectivity index (χ2n) is 5.03. The monoisotopic (exact) mass is 333 g/mol. The van der Waals surface area contributed by atoms with Gasteiger partial charge in [0.05, 0.1) is 11.9 Å². The minimum atomic E-state index is -0.0931. The lowest BCUT2D eigenvalue weighted by atomic mass is 10.1. The van der Waals surface area contributed by atoms with Gasteiger partial charge in [-0.1, -0.05) is 30.7 Å². The van der Waals surface area contributed by atoms with Gasteiger partial charge in [0.25, 0.3) is 5.56 Å². The second-order valence-corrected chi connectivity index (χ2v) is 6.32. The number of aromatic amines is 1. The molecular formula is C16H16ClN3OS. The Hall–Kier alpha value is -1.69. The fourth-order valence-electron chi connectivity index (χ4n) is 2.30. The van der Waals surface area contributed by atoms with Crippen LogP contribution in [0.1, 0.15) is 19.2 Å². The summed E-state index contributed by atoms with van der Waals surface area (Å²) in [7, 11) is 0. The van der Waals surface area contributed by atoms with Crippen LogP contribution in [-0.2, 0) is 6.54 Å². The quantitative estimate of drug-likeness (QED) is 0.698. The van der Waals surface area contributed by atoms with Gasteiger partial charge in [-0.2, -0.15) is 0 Å². The third-order valence-electron chi connectivity index (χ3n) is 3.37. The summed E-state index contributed by atoms with van der Waals surface area (Å²) in [5.41, 5.74) is 1.78. The zero-order chi connectivity index (χ0) is 15.5. The normalized spacial score (nSPS) is 11.2. The van der Waals surface area contributed by atoms with Crippen molar-refractivity contribution in [1.82, 2.24) is 15.3 Å². The van der Waals surface area contributed by atoms with E-state index >= 15 is 0 Å². The van der Waals surface area contributed by atoms with Gasteiger partial charge in [0.1, 0.15) is 10.7 Å². The second kappa shape index (κ2) is 6.60. The Morgan fingerprint density at radius 1 is 1.32 bits per heavy atom. The van der Waals surface area contributed by atoms with Crippen molar-refractivity contribution in [1.29, 1.82) is 0 Å². The number of hydrogen-bond acceptors (Lipinski definition) is 4. The van der Waals surface area contributed by atoms with Crippen molar-refractivity contribution in [3.8, 4) is 11.1 Å². The lowest BCUT2D eigenvalue weighted by molar-refractivity contribution is 0.651. The Morgan fingerprint density at radius 3 is 2.82 bits per heavy atom. The standard InChI is InChI=1S/C16H16ClN3OS/c1-2-7-18-8-13-19-15(21)14-12(9-22-16(14)20-13)10-3-5-11(17)6-4-10/h3-6,9,18H,2,7-8H2,1H3,(H,19,20,21). The maximum Gasteiger partial charge on any atom is 0.260 e. The summed E-state index contributed by atoms with van der Waals surface area (Å²) in [5.74, 6) is 0.676. The first kappa shape index (κ1) is 15.2. The molecule has 0 bridgehead atoms. The maximum atomic E-state index is 12.4. The highest BCUT2D eigenvalue weighted by atomic mass is 35.5. The lowest BCUT2D eigenvalue weighted by Crippen LogP contribution is -2.19. The number of fused-ring (bicyclic) bond motifs is 1. The molecule has 0 radical (unpaired) electrons. The highest BCUT2D eigenvalue weighted by molar-refractivity contribution is 7.17. The molecule has 0 fully saturated rings. The van der Waals surface area contributed by atoms with Crippen LogP contribution < -0.4 is 10.9 Å². The molecule has 0 saturated heterocycles. The highest BCUT2D eigenvalue weighted by Gasteiger charge is 2.12. The zero-order valence-electron chi connectivity index (χ0n) is 12.1. The average Bonchev–Trinajstić information content (AvgIpc) is 2.93. The Bertz CT molecular complexity index is 839. The molecule has 0 saturated carbocycles. The van der Waals surface area contributed by atoms with Crippen molar-refractivity contribution in [2.75, 3.05) is 6.54 Å². The van der Waals surface area contributed by atoms with Gasteiger partial charge in [0, 0.05) is 16.0 Å². The van der Waals surface area contributed by atoms with E-state index in [1.165, 1.54) is 11.3 Å². The number of benzene rings is 1. The number of nitrogens with one attached hydrogen (secondary N) is 2. The number of rotatable bonds is 5. The van der Waals surface area contributed by atoms with Crippen LogP contribution in [0, 0.1) is 0 Å². The molecule has 3 rings (SSSR count). The van der Waals surface area contributed by atoms with E-state index in [1.807, 2.05) is 29.6 Å². The summed E-state index contributed by atoms with van der Waals surface area (Å²) in [5, 5.41) is 6.54. The van der Waals surface area contributed by atoms with E-state index in [2.05, 4.69) is 22.2 Å². The number of H-pyrrole nitrogens is 1.